The monoisotopic (exact) mass is 240 g/mol. The summed E-state index contributed by atoms with van der Waals surface area (Å²) in [6.07, 6.45) is 0. The number of ether oxygens (including phenoxy) is 1. The van der Waals surface area contributed by atoms with Crippen molar-refractivity contribution in [2.24, 2.45) is 0 Å². The first-order valence-electron chi connectivity index (χ1n) is 5.67. The summed E-state index contributed by atoms with van der Waals surface area (Å²) >= 11 is 0. The summed E-state index contributed by atoms with van der Waals surface area (Å²) in [7, 11) is 1.59. The molecule has 0 spiro atoms. The molecule has 1 heterocycles. The molecule has 0 atom stereocenters. The van der Waals surface area contributed by atoms with Gasteiger partial charge in [0.2, 0.25) is 11.0 Å². The van der Waals surface area contributed by atoms with Gasteiger partial charge in [-0.05, 0) is 24.6 Å². The number of aromatic nitrogens is 2. The molecule has 0 N–H and O–H groups in total. The van der Waals surface area contributed by atoms with E-state index in [2.05, 4.69) is 4.98 Å². The average molecular weight is 240 g/mol. The first-order chi connectivity index (χ1) is 8.70. The molecule has 0 aliphatic rings. The largest absolute Gasteiger partial charge is 0.618 e. The lowest BCUT2D eigenvalue weighted by molar-refractivity contribution is -0.548. The van der Waals surface area contributed by atoms with Gasteiger partial charge in [0.15, 0.2) is 0 Å². The number of methoxy groups -OCH3 is 1. The normalized spacial score (nSPS) is 11.0. The van der Waals surface area contributed by atoms with E-state index in [9.17, 15) is 5.21 Å². The summed E-state index contributed by atoms with van der Waals surface area (Å²) in [4.78, 5) is 4.54. The molecule has 3 aromatic rings. The molecule has 4 nitrogen and oxygen atoms in total. The molecule has 4 heteroatoms. The van der Waals surface area contributed by atoms with E-state index in [1.54, 1.807) is 19.2 Å². The molecule has 0 radical (unpaired) electrons. The number of hydrogen-bond acceptors (Lipinski definition) is 3. The third-order valence-corrected chi connectivity index (χ3v) is 3.04. The highest BCUT2D eigenvalue weighted by Gasteiger charge is 2.14. The lowest BCUT2D eigenvalue weighted by Crippen LogP contribution is -2.28. The average Bonchev–Trinajstić information content (AvgIpc) is 2.40. The van der Waals surface area contributed by atoms with Crippen LogP contribution in [0.5, 0.6) is 5.75 Å². The van der Waals surface area contributed by atoms with Crippen LogP contribution in [0.1, 0.15) is 5.56 Å². The Morgan fingerprint density at radius 3 is 2.72 bits per heavy atom. The van der Waals surface area contributed by atoms with Gasteiger partial charge in [-0.15, -0.1) is 0 Å². The molecular formula is C14H12N2O2. The summed E-state index contributed by atoms with van der Waals surface area (Å²) in [5.41, 5.74) is 3.45. The zero-order chi connectivity index (χ0) is 12.7. The van der Waals surface area contributed by atoms with Gasteiger partial charge in [-0.2, -0.15) is 4.73 Å². The van der Waals surface area contributed by atoms with Crippen LogP contribution < -0.4 is 9.47 Å². The zero-order valence-electron chi connectivity index (χ0n) is 10.2. The highest BCUT2D eigenvalue weighted by Crippen LogP contribution is 2.23. The van der Waals surface area contributed by atoms with E-state index in [1.165, 1.54) is 0 Å². The van der Waals surface area contributed by atoms with Gasteiger partial charge in [0.25, 0.3) is 0 Å². The molecule has 0 fully saturated rings. The van der Waals surface area contributed by atoms with Crippen LogP contribution in [0.4, 0.5) is 0 Å². The van der Waals surface area contributed by atoms with Crippen molar-refractivity contribution in [3.63, 3.8) is 0 Å². The predicted molar refractivity (Wildman–Crippen MR) is 69.5 cm³/mol. The fourth-order valence-electron chi connectivity index (χ4n) is 2.13. The van der Waals surface area contributed by atoms with Crippen LogP contribution in [0.25, 0.3) is 22.1 Å². The van der Waals surface area contributed by atoms with Crippen molar-refractivity contribution in [2.75, 3.05) is 7.11 Å². The summed E-state index contributed by atoms with van der Waals surface area (Å²) in [5, 5.41) is 12.3. The second kappa shape index (κ2) is 3.84. The quantitative estimate of drug-likeness (QED) is 0.372. The topological polar surface area (TPSA) is 49.1 Å². The van der Waals surface area contributed by atoms with Gasteiger partial charge < -0.3 is 9.94 Å². The Kier molecular flexibility index (Phi) is 2.30. The van der Waals surface area contributed by atoms with E-state index >= 15 is 0 Å². The van der Waals surface area contributed by atoms with Crippen LogP contribution in [0.3, 0.4) is 0 Å². The van der Waals surface area contributed by atoms with E-state index in [0.29, 0.717) is 27.8 Å². The molecule has 0 aliphatic carbocycles. The van der Waals surface area contributed by atoms with Crippen LogP contribution in [-0.2, 0) is 0 Å². The number of nitrogens with zero attached hydrogens (tertiary/aromatic N) is 2. The molecular weight excluding hydrogens is 228 g/mol. The number of benzene rings is 2. The Labute approximate surface area is 104 Å². The minimum absolute atomic E-state index is 0.533. The Morgan fingerprint density at radius 2 is 1.94 bits per heavy atom. The van der Waals surface area contributed by atoms with E-state index < -0.39 is 0 Å². The molecule has 0 saturated heterocycles. The Hall–Kier alpha value is -2.36. The fraction of sp³-hybridized carbons (Fsp3) is 0.143. The predicted octanol–water partition coefficient (Wildman–Crippen LogP) is 2.34. The lowest BCUT2D eigenvalue weighted by Gasteiger charge is -2.08. The van der Waals surface area contributed by atoms with Crippen molar-refractivity contribution in [2.45, 2.75) is 6.92 Å². The maximum Gasteiger partial charge on any atom is 0.246 e. The van der Waals surface area contributed by atoms with Gasteiger partial charge in [0.1, 0.15) is 16.8 Å². The van der Waals surface area contributed by atoms with Crippen molar-refractivity contribution in [3.05, 3.63) is 47.2 Å². The summed E-state index contributed by atoms with van der Waals surface area (Å²) < 4.78 is 6.10. The standard InChI is InChI=1S/C14H12N2O2/c1-9-7-10(18-2)8-13-14(9)15-11-5-3-4-6-12(11)16(13)17/h3-8H,1-2H3. The van der Waals surface area contributed by atoms with E-state index in [1.807, 2.05) is 31.2 Å². The van der Waals surface area contributed by atoms with Crippen molar-refractivity contribution in [3.8, 4) is 5.75 Å². The van der Waals surface area contributed by atoms with Crippen molar-refractivity contribution >= 4 is 22.1 Å². The summed E-state index contributed by atoms with van der Waals surface area (Å²) in [6.45, 7) is 1.92. The Balaban J connectivity index is 2.51. The van der Waals surface area contributed by atoms with Crippen molar-refractivity contribution < 1.29 is 9.47 Å². The van der Waals surface area contributed by atoms with Gasteiger partial charge in [-0.25, -0.2) is 4.98 Å². The van der Waals surface area contributed by atoms with Crippen LogP contribution in [-0.4, -0.2) is 12.1 Å². The summed E-state index contributed by atoms with van der Waals surface area (Å²) in [5.74, 6) is 0.668. The van der Waals surface area contributed by atoms with Gasteiger partial charge in [0.05, 0.1) is 13.2 Å². The molecule has 90 valence electrons. The lowest BCUT2D eigenvalue weighted by atomic mass is 10.1. The molecule has 1 aromatic heterocycles. The highest BCUT2D eigenvalue weighted by molar-refractivity contribution is 5.84. The number of fused-ring (bicyclic) bond motifs is 2. The molecule has 2 aromatic carbocycles. The van der Waals surface area contributed by atoms with Gasteiger partial charge >= 0.3 is 0 Å². The smallest absolute Gasteiger partial charge is 0.246 e. The number of para-hydroxylation sites is 2. The first kappa shape index (κ1) is 10.8. The minimum Gasteiger partial charge on any atom is -0.618 e. The summed E-state index contributed by atoms with van der Waals surface area (Å²) in [6, 6.07) is 10.9. The van der Waals surface area contributed by atoms with Gasteiger partial charge in [0, 0.05) is 6.07 Å². The third-order valence-electron chi connectivity index (χ3n) is 3.04. The van der Waals surface area contributed by atoms with Crippen LogP contribution in [0.2, 0.25) is 0 Å². The zero-order valence-corrected chi connectivity index (χ0v) is 10.2. The van der Waals surface area contributed by atoms with Crippen molar-refractivity contribution in [1.29, 1.82) is 0 Å². The second-order valence-electron chi connectivity index (χ2n) is 4.21. The number of aryl methyl sites for hydroxylation is 1. The molecule has 0 saturated carbocycles. The van der Waals surface area contributed by atoms with E-state index in [4.69, 9.17) is 4.74 Å². The minimum atomic E-state index is 0.533. The molecule has 3 rings (SSSR count). The van der Waals surface area contributed by atoms with Gasteiger partial charge in [-0.1, -0.05) is 12.1 Å². The Bertz CT molecular complexity index is 753. The SMILES string of the molecule is COc1cc(C)c2nc3ccccc3[n+]([O-])c2c1. The van der Waals surface area contributed by atoms with Crippen LogP contribution >= 0.6 is 0 Å². The number of hydrogen-bond donors (Lipinski definition) is 0. The molecule has 0 aliphatic heterocycles. The maximum absolute atomic E-state index is 12.3. The van der Waals surface area contributed by atoms with Crippen LogP contribution in [0.15, 0.2) is 36.4 Å². The molecule has 0 amide bonds. The first-order valence-corrected chi connectivity index (χ1v) is 5.67. The Morgan fingerprint density at radius 1 is 1.17 bits per heavy atom. The second-order valence-corrected chi connectivity index (χ2v) is 4.21. The van der Waals surface area contributed by atoms with E-state index in [0.717, 1.165) is 10.3 Å². The van der Waals surface area contributed by atoms with E-state index in [-0.39, 0.29) is 0 Å². The molecule has 0 unspecified atom stereocenters. The maximum atomic E-state index is 12.3. The van der Waals surface area contributed by atoms with Crippen LogP contribution in [0, 0.1) is 12.1 Å². The number of rotatable bonds is 1. The molecule has 18 heavy (non-hydrogen) atoms. The molecule has 0 bridgehead atoms. The van der Waals surface area contributed by atoms with Crippen molar-refractivity contribution in [1.82, 2.24) is 4.98 Å². The van der Waals surface area contributed by atoms with Gasteiger partial charge in [-0.3, -0.25) is 0 Å². The highest BCUT2D eigenvalue weighted by atomic mass is 16.5. The third kappa shape index (κ3) is 1.46. The fourth-order valence-corrected chi connectivity index (χ4v) is 2.13.